The van der Waals surface area contributed by atoms with E-state index >= 15 is 0 Å². The van der Waals surface area contributed by atoms with Gasteiger partial charge in [-0.3, -0.25) is 0 Å². The van der Waals surface area contributed by atoms with Crippen molar-refractivity contribution in [1.29, 1.82) is 0 Å². The molecule has 0 spiro atoms. The predicted octanol–water partition coefficient (Wildman–Crippen LogP) is 16.4. The summed E-state index contributed by atoms with van der Waals surface area (Å²) < 4.78 is 71.2. The van der Waals surface area contributed by atoms with E-state index in [-0.39, 0.29) is 28.4 Å². The minimum Gasteiger partial charge on any atom is -0.456 e. The second-order valence-corrected chi connectivity index (χ2v) is 16.9. The Kier molecular flexibility index (Phi) is 6.87. The van der Waals surface area contributed by atoms with Crippen LogP contribution in [0.3, 0.4) is 0 Å². The number of nitrogens with zero attached hydrogens (tertiary/aromatic N) is 3. The molecular formula is C59H35N3OS. The molecule has 0 fully saturated rings. The molecule has 0 bridgehead atoms. The zero-order chi connectivity index (χ0) is 48.2. The Bertz CT molecular complexity index is 4400. The van der Waals surface area contributed by atoms with Gasteiger partial charge in [0.15, 0.2) is 17.5 Å². The maximum atomic E-state index is 9.61. The van der Waals surface area contributed by atoms with Crippen LogP contribution in [0, 0.1) is 0 Å². The van der Waals surface area contributed by atoms with Crippen molar-refractivity contribution in [3.05, 3.63) is 212 Å². The predicted molar refractivity (Wildman–Crippen MR) is 268 cm³/mol. The fourth-order valence-electron chi connectivity index (χ4n) is 8.86. The molecule has 64 heavy (non-hydrogen) atoms. The van der Waals surface area contributed by atoms with E-state index in [0.29, 0.717) is 39.7 Å². The third-order valence-electron chi connectivity index (χ3n) is 11.9. The van der Waals surface area contributed by atoms with Crippen molar-refractivity contribution in [2.45, 2.75) is 0 Å². The highest BCUT2D eigenvalue weighted by molar-refractivity contribution is 7.26. The Morgan fingerprint density at radius 2 is 1.02 bits per heavy atom. The van der Waals surface area contributed by atoms with Crippen molar-refractivity contribution < 1.29 is 14.0 Å². The molecule has 13 aromatic rings. The molecule has 10 aromatic carbocycles. The molecule has 3 heterocycles. The summed E-state index contributed by atoms with van der Waals surface area (Å²) in [5, 5.41) is 5.72. The van der Waals surface area contributed by atoms with Crippen molar-refractivity contribution in [2.75, 3.05) is 0 Å². The number of rotatable bonds is 6. The van der Waals surface area contributed by atoms with Crippen LogP contribution in [0.25, 0.3) is 131 Å². The third-order valence-corrected chi connectivity index (χ3v) is 13.2. The Morgan fingerprint density at radius 3 is 1.86 bits per heavy atom. The van der Waals surface area contributed by atoms with Crippen LogP contribution in [0.4, 0.5) is 0 Å². The topological polar surface area (TPSA) is 51.8 Å². The molecule has 0 unspecified atom stereocenters. The summed E-state index contributed by atoms with van der Waals surface area (Å²) in [5.74, 6) is 1.16. The molecule has 5 heteroatoms. The van der Waals surface area contributed by atoms with Gasteiger partial charge in [-0.05, 0) is 116 Å². The van der Waals surface area contributed by atoms with Gasteiger partial charge in [0, 0.05) is 47.6 Å². The molecule has 4 nitrogen and oxygen atoms in total. The van der Waals surface area contributed by atoms with E-state index in [0.717, 1.165) is 75.1 Å². The number of thiophene rings is 1. The van der Waals surface area contributed by atoms with Crippen LogP contribution in [0.15, 0.2) is 217 Å². The van der Waals surface area contributed by atoms with E-state index in [1.165, 1.54) is 0 Å². The summed E-state index contributed by atoms with van der Waals surface area (Å²) in [4.78, 5) is 15.9. The van der Waals surface area contributed by atoms with Gasteiger partial charge in [-0.15, -0.1) is 11.3 Å². The first kappa shape index (κ1) is 29.9. The molecule has 0 saturated carbocycles. The lowest BCUT2D eigenvalue weighted by Crippen LogP contribution is -2.01. The van der Waals surface area contributed by atoms with E-state index in [9.17, 15) is 4.11 Å². The van der Waals surface area contributed by atoms with Crippen LogP contribution in [0.2, 0.25) is 0 Å². The summed E-state index contributed by atoms with van der Waals surface area (Å²) in [5.41, 5.74) is 7.69. The highest BCUT2D eigenvalue weighted by atomic mass is 32.1. The maximum Gasteiger partial charge on any atom is 0.165 e. The smallest absolute Gasteiger partial charge is 0.165 e. The monoisotopic (exact) mass is 840 g/mol. The standard InChI is InChI=1S/C59H35N3OS/c1-2-12-36(13-3-1)39-26-27-41-32-43(29-28-40(41)31-39)45-33-44(42-25-24-37-14-4-5-15-38(37)30-42)34-46(35-45)57-60-58(50-19-11-22-53-55(50)49-17-6-8-21-52(49)63-53)62-59(61-57)51-20-10-18-48-47-16-7-9-23-54(47)64-56(48)51/h1-35H/i4D,5D,14D,15D,24D,25D,30D. The molecule has 0 radical (unpaired) electrons. The quantitative estimate of drug-likeness (QED) is 0.167. The zero-order valence-corrected chi connectivity index (χ0v) is 34.6. The number of aromatic nitrogens is 3. The van der Waals surface area contributed by atoms with Gasteiger partial charge >= 0.3 is 0 Å². The van der Waals surface area contributed by atoms with Crippen molar-refractivity contribution >= 4 is 75.0 Å². The number of furan rings is 1. The summed E-state index contributed by atoms with van der Waals surface area (Å²) >= 11 is 1.67. The Balaban J connectivity index is 1.09. The maximum absolute atomic E-state index is 9.61. The Hall–Kier alpha value is -8.25. The van der Waals surface area contributed by atoms with E-state index < -0.39 is 30.2 Å². The molecule has 0 N–H and O–H groups in total. The molecule has 0 amide bonds. The fourth-order valence-corrected chi connectivity index (χ4v) is 10.1. The van der Waals surface area contributed by atoms with Crippen molar-refractivity contribution in [2.24, 2.45) is 0 Å². The van der Waals surface area contributed by atoms with Crippen LogP contribution < -0.4 is 0 Å². The van der Waals surface area contributed by atoms with Gasteiger partial charge in [-0.2, -0.15) is 0 Å². The van der Waals surface area contributed by atoms with Crippen molar-refractivity contribution in [3.8, 4) is 67.5 Å². The first-order valence-corrected chi connectivity index (χ1v) is 21.7. The SMILES string of the molecule is [2H]c1c([2H])c([2H])c2c([2H])c(-c3cc(-c4ccc5cc(-c6ccccc6)ccc5c4)cc(-c4nc(-c5cccc6c5sc5ccccc56)nc(-c5cccc6oc7ccccc7c56)n4)c3)c([2H])c([2H])c2c1[2H]. The molecule has 0 aliphatic rings. The number of hydrogen-bond donors (Lipinski definition) is 0. The minimum absolute atomic E-state index is 0.0445. The van der Waals surface area contributed by atoms with Crippen molar-refractivity contribution in [3.63, 3.8) is 0 Å². The first-order valence-electron chi connectivity index (χ1n) is 24.4. The number of benzene rings is 10. The number of hydrogen-bond acceptors (Lipinski definition) is 5. The molecule has 0 atom stereocenters. The minimum atomic E-state index is -0.522. The van der Waals surface area contributed by atoms with Crippen LogP contribution in [-0.4, -0.2) is 15.0 Å². The molecule has 3 aromatic heterocycles. The summed E-state index contributed by atoms with van der Waals surface area (Å²) in [7, 11) is 0. The van der Waals surface area contributed by atoms with E-state index in [2.05, 4.69) is 60.7 Å². The third kappa shape index (κ3) is 6.17. The Labute approximate surface area is 382 Å². The molecule has 13 rings (SSSR count). The highest BCUT2D eigenvalue weighted by Gasteiger charge is 2.21. The number of fused-ring (bicyclic) bond motifs is 8. The van der Waals surface area contributed by atoms with Crippen molar-refractivity contribution in [1.82, 2.24) is 15.0 Å². The van der Waals surface area contributed by atoms with Gasteiger partial charge in [0.1, 0.15) is 11.2 Å². The zero-order valence-electron chi connectivity index (χ0n) is 40.8. The van der Waals surface area contributed by atoms with Gasteiger partial charge in [-0.1, -0.05) is 152 Å². The molecule has 0 aliphatic heterocycles. The normalized spacial score (nSPS) is 13.3. The second kappa shape index (κ2) is 14.7. The van der Waals surface area contributed by atoms with Gasteiger partial charge < -0.3 is 4.42 Å². The van der Waals surface area contributed by atoms with Gasteiger partial charge in [0.25, 0.3) is 0 Å². The molecular weight excluding hydrogens is 799 g/mol. The van der Waals surface area contributed by atoms with Crippen LogP contribution in [0.1, 0.15) is 9.60 Å². The average Bonchev–Trinajstić information content (AvgIpc) is 3.99. The van der Waals surface area contributed by atoms with Gasteiger partial charge in [-0.25, -0.2) is 15.0 Å². The summed E-state index contributed by atoms with van der Waals surface area (Å²) in [6.45, 7) is 0. The summed E-state index contributed by atoms with van der Waals surface area (Å²) in [6.07, 6.45) is 0. The van der Waals surface area contributed by atoms with Crippen LogP contribution in [-0.2, 0) is 0 Å². The largest absolute Gasteiger partial charge is 0.456 e. The first-order chi connectivity index (χ1) is 34.6. The Morgan fingerprint density at radius 1 is 0.391 bits per heavy atom. The lowest BCUT2D eigenvalue weighted by atomic mass is 9.93. The van der Waals surface area contributed by atoms with E-state index in [1.807, 2.05) is 103 Å². The molecule has 0 aliphatic carbocycles. The van der Waals surface area contributed by atoms with E-state index in [4.69, 9.17) is 24.9 Å². The van der Waals surface area contributed by atoms with E-state index in [1.54, 1.807) is 17.4 Å². The lowest BCUT2D eigenvalue weighted by Gasteiger charge is -2.14. The molecule has 0 saturated heterocycles. The van der Waals surface area contributed by atoms with Crippen LogP contribution >= 0.6 is 11.3 Å². The van der Waals surface area contributed by atoms with Gasteiger partial charge in [0.2, 0.25) is 0 Å². The second-order valence-electron chi connectivity index (χ2n) is 15.8. The summed E-state index contributed by atoms with van der Waals surface area (Å²) in [6, 6.07) is 53.7. The van der Waals surface area contributed by atoms with Gasteiger partial charge in [0.05, 0.1) is 9.60 Å². The number of para-hydroxylation sites is 1. The average molecular weight is 841 g/mol. The fraction of sp³-hybridized carbons (Fsp3) is 0. The highest BCUT2D eigenvalue weighted by Crippen LogP contribution is 2.42. The molecule has 298 valence electrons. The lowest BCUT2D eigenvalue weighted by molar-refractivity contribution is 0.669. The van der Waals surface area contributed by atoms with Crippen LogP contribution in [0.5, 0.6) is 0 Å².